The van der Waals surface area contributed by atoms with Crippen molar-refractivity contribution >= 4 is 11.6 Å². The highest BCUT2D eigenvalue weighted by Crippen LogP contribution is 2.33. The molecule has 19 heavy (non-hydrogen) atoms. The minimum absolute atomic E-state index is 0.0135. The fourth-order valence-electron chi connectivity index (χ4n) is 1.90. The molecule has 0 aliphatic heterocycles. The summed E-state index contributed by atoms with van der Waals surface area (Å²) in [5.41, 5.74) is 0.339. The van der Waals surface area contributed by atoms with Crippen molar-refractivity contribution < 1.29 is 13.2 Å². The second-order valence-electron chi connectivity index (χ2n) is 4.45. The first-order valence-corrected chi connectivity index (χ1v) is 6.09. The molecule has 0 atom stereocenters. The molecule has 1 aromatic carbocycles. The molecule has 0 fully saturated rings. The lowest BCUT2D eigenvalue weighted by Crippen LogP contribution is -2.06. The van der Waals surface area contributed by atoms with E-state index in [1.54, 1.807) is 10.6 Å². The van der Waals surface area contributed by atoms with Crippen LogP contribution < -0.4 is 0 Å². The molecule has 2 aromatic rings. The molecule has 1 aromatic heterocycles. The molecule has 0 amide bonds. The van der Waals surface area contributed by atoms with E-state index in [0.29, 0.717) is 11.3 Å². The van der Waals surface area contributed by atoms with E-state index in [9.17, 15) is 13.2 Å². The number of hydrogen-bond donors (Lipinski definition) is 0. The Morgan fingerprint density at radius 3 is 2.53 bits per heavy atom. The van der Waals surface area contributed by atoms with E-state index in [1.807, 2.05) is 13.8 Å². The zero-order valence-electron chi connectivity index (χ0n) is 10.4. The number of alkyl halides is 3. The number of halogens is 4. The molecule has 0 saturated heterocycles. The van der Waals surface area contributed by atoms with Gasteiger partial charge in [-0.05, 0) is 37.6 Å². The Labute approximate surface area is 113 Å². The van der Waals surface area contributed by atoms with E-state index in [0.717, 1.165) is 12.1 Å². The number of nitrogens with zero attached hydrogens (tertiary/aromatic N) is 2. The van der Waals surface area contributed by atoms with Gasteiger partial charge in [0.05, 0.1) is 17.5 Å². The fraction of sp³-hybridized carbons (Fsp3) is 0.308. The van der Waals surface area contributed by atoms with Crippen LogP contribution in [0, 0.1) is 0 Å². The molecule has 0 spiro atoms. The number of hydrogen-bond acceptors (Lipinski definition) is 1. The van der Waals surface area contributed by atoms with Crippen molar-refractivity contribution in [3.63, 3.8) is 0 Å². The molecule has 1 heterocycles. The van der Waals surface area contributed by atoms with Crippen molar-refractivity contribution in [2.45, 2.75) is 26.1 Å². The Hall–Kier alpha value is -1.49. The molecular formula is C13H12ClF3N2. The number of benzene rings is 1. The highest BCUT2D eigenvalue weighted by molar-refractivity contribution is 6.28. The van der Waals surface area contributed by atoms with Gasteiger partial charge < -0.3 is 4.57 Å². The van der Waals surface area contributed by atoms with Gasteiger partial charge in [-0.2, -0.15) is 13.2 Å². The van der Waals surface area contributed by atoms with Crippen LogP contribution in [0.15, 0.2) is 30.5 Å². The molecule has 102 valence electrons. The zero-order chi connectivity index (χ0) is 14.2. The van der Waals surface area contributed by atoms with Gasteiger partial charge in [-0.25, -0.2) is 4.98 Å². The summed E-state index contributed by atoms with van der Waals surface area (Å²) >= 11 is 5.95. The van der Waals surface area contributed by atoms with Gasteiger partial charge in [-0.1, -0.05) is 12.1 Å². The first-order valence-electron chi connectivity index (χ1n) is 5.71. The first-order chi connectivity index (χ1) is 8.80. The van der Waals surface area contributed by atoms with E-state index < -0.39 is 11.7 Å². The van der Waals surface area contributed by atoms with Crippen LogP contribution in [0.3, 0.4) is 0 Å². The minimum atomic E-state index is -4.36. The van der Waals surface area contributed by atoms with Crippen molar-refractivity contribution in [3.05, 3.63) is 41.3 Å². The number of imidazole rings is 1. The molecule has 2 rings (SSSR count). The standard InChI is InChI=1S/C13H12ClF3N2/c1-8(2)19-11(7-18-12(19)14)9-4-3-5-10(6-9)13(15,16)17/h3-8H,1-2H3. The van der Waals surface area contributed by atoms with Crippen molar-refractivity contribution in [3.8, 4) is 11.3 Å². The minimum Gasteiger partial charge on any atom is -0.312 e. The van der Waals surface area contributed by atoms with E-state index in [-0.39, 0.29) is 11.3 Å². The van der Waals surface area contributed by atoms with Crippen LogP contribution in [0.5, 0.6) is 0 Å². The van der Waals surface area contributed by atoms with Gasteiger partial charge >= 0.3 is 6.18 Å². The van der Waals surface area contributed by atoms with E-state index in [2.05, 4.69) is 4.98 Å². The quantitative estimate of drug-likeness (QED) is 0.776. The Balaban J connectivity index is 2.54. The summed E-state index contributed by atoms with van der Waals surface area (Å²) < 4.78 is 39.8. The molecular weight excluding hydrogens is 277 g/mol. The van der Waals surface area contributed by atoms with Gasteiger partial charge in [-0.15, -0.1) is 0 Å². The maximum Gasteiger partial charge on any atom is 0.416 e. The maximum atomic E-state index is 12.7. The smallest absolute Gasteiger partial charge is 0.312 e. The van der Waals surface area contributed by atoms with Gasteiger partial charge in [0.25, 0.3) is 0 Å². The van der Waals surface area contributed by atoms with Crippen LogP contribution in [0.2, 0.25) is 5.28 Å². The normalized spacial score (nSPS) is 12.2. The maximum absolute atomic E-state index is 12.7. The van der Waals surface area contributed by atoms with Gasteiger partial charge in [-0.3, -0.25) is 0 Å². The topological polar surface area (TPSA) is 17.8 Å². The number of aromatic nitrogens is 2. The van der Waals surface area contributed by atoms with Crippen LogP contribution in [0.25, 0.3) is 11.3 Å². The summed E-state index contributed by atoms with van der Waals surface area (Å²) in [6.07, 6.45) is -2.87. The number of rotatable bonds is 2. The van der Waals surface area contributed by atoms with Crippen LogP contribution in [-0.4, -0.2) is 9.55 Å². The molecule has 0 radical (unpaired) electrons. The average Bonchev–Trinajstić information content (AvgIpc) is 2.70. The predicted octanol–water partition coefficient (Wildman–Crippen LogP) is 4.80. The van der Waals surface area contributed by atoms with Crippen molar-refractivity contribution in [2.24, 2.45) is 0 Å². The largest absolute Gasteiger partial charge is 0.416 e. The van der Waals surface area contributed by atoms with Crippen LogP contribution >= 0.6 is 11.6 Å². The van der Waals surface area contributed by atoms with Gasteiger partial charge in [0.2, 0.25) is 5.28 Å². The SMILES string of the molecule is CC(C)n1c(-c2cccc(C(F)(F)F)c2)cnc1Cl. The average molecular weight is 289 g/mol. The molecule has 0 aliphatic rings. The van der Waals surface area contributed by atoms with Crippen LogP contribution in [0.1, 0.15) is 25.5 Å². The van der Waals surface area contributed by atoms with Gasteiger partial charge in [0.15, 0.2) is 0 Å². The monoisotopic (exact) mass is 288 g/mol. The highest BCUT2D eigenvalue weighted by Gasteiger charge is 2.30. The molecule has 0 N–H and O–H groups in total. The third-order valence-electron chi connectivity index (χ3n) is 2.75. The van der Waals surface area contributed by atoms with E-state index in [1.165, 1.54) is 12.3 Å². The molecule has 0 unspecified atom stereocenters. The molecule has 0 bridgehead atoms. The van der Waals surface area contributed by atoms with Gasteiger partial charge in [0.1, 0.15) is 0 Å². The third kappa shape index (κ3) is 2.76. The summed E-state index contributed by atoms with van der Waals surface area (Å²) in [5, 5.41) is 0.266. The molecule has 2 nitrogen and oxygen atoms in total. The zero-order valence-corrected chi connectivity index (χ0v) is 11.1. The Morgan fingerprint density at radius 2 is 1.95 bits per heavy atom. The second kappa shape index (κ2) is 4.89. The molecule has 0 saturated carbocycles. The Kier molecular flexibility index (Phi) is 3.58. The lowest BCUT2D eigenvalue weighted by Gasteiger charge is -2.14. The third-order valence-corrected chi connectivity index (χ3v) is 3.03. The van der Waals surface area contributed by atoms with E-state index >= 15 is 0 Å². The first kappa shape index (κ1) is 13.9. The van der Waals surface area contributed by atoms with E-state index in [4.69, 9.17) is 11.6 Å². The van der Waals surface area contributed by atoms with Gasteiger partial charge in [0, 0.05) is 11.6 Å². The molecule has 6 heteroatoms. The van der Waals surface area contributed by atoms with Crippen molar-refractivity contribution in [1.82, 2.24) is 9.55 Å². The lowest BCUT2D eigenvalue weighted by atomic mass is 10.1. The van der Waals surface area contributed by atoms with Crippen molar-refractivity contribution in [2.75, 3.05) is 0 Å². The summed E-state index contributed by atoms with van der Waals surface area (Å²) in [6, 6.07) is 5.15. The predicted molar refractivity (Wildman–Crippen MR) is 68.1 cm³/mol. The van der Waals surface area contributed by atoms with Crippen LogP contribution in [0.4, 0.5) is 13.2 Å². The molecule has 0 aliphatic carbocycles. The second-order valence-corrected chi connectivity index (χ2v) is 4.79. The van der Waals surface area contributed by atoms with Crippen molar-refractivity contribution in [1.29, 1.82) is 0 Å². The Morgan fingerprint density at radius 1 is 1.26 bits per heavy atom. The lowest BCUT2D eigenvalue weighted by molar-refractivity contribution is -0.137. The van der Waals surface area contributed by atoms with Crippen LogP contribution in [-0.2, 0) is 6.18 Å². The summed E-state index contributed by atoms with van der Waals surface area (Å²) in [5.74, 6) is 0. The summed E-state index contributed by atoms with van der Waals surface area (Å²) in [6.45, 7) is 3.79. The summed E-state index contributed by atoms with van der Waals surface area (Å²) in [7, 11) is 0. The Bertz CT molecular complexity index is 588. The fourth-order valence-corrected chi connectivity index (χ4v) is 2.23. The summed E-state index contributed by atoms with van der Waals surface area (Å²) in [4.78, 5) is 3.95. The highest BCUT2D eigenvalue weighted by atomic mass is 35.5.